The van der Waals surface area contributed by atoms with Gasteiger partial charge in [-0.05, 0) is 70.5 Å². The summed E-state index contributed by atoms with van der Waals surface area (Å²) in [5.41, 5.74) is 2.41. The predicted octanol–water partition coefficient (Wildman–Crippen LogP) is 6.34. The van der Waals surface area contributed by atoms with E-state index in [4.69, 9.17) is 11.6 Å². The van der Waals surface area contributed by atoms with Crippen molar-refractivity contribution in [3.8, 4) is 0 Å². The lowest BCUT2D eigenvalue weighted by molar-refractivity contribution is 0.912. The van der Waals surface area contributed by atoms with Crippen molar-refractivity contribution in [1.82, 2.24) is 0 Å². The number of halogens is 4. The maximum absolute atomic E-state index is 6.53. The summed E-state index contributed by atoms with van der Waals surface area (Å²) in [7, 11) is 0. The van der Waals surface area contributed by atoms with Crippen LogP contribution in [-0.2, 0) is 6.42 Å². The molecule has 0 saturated carbocycles. The van der Waals surface area contributed by atoms with E-state index in [1.165, 1.54) is 14.7 Å². The molecule has 0 amide bonds. The van der Waals surface area contributed by atoms with Crippen LogP contribution in [0, 0.1) is 3.57 Å². The third kappa shape index (κ3) is 3.95. The van der Waals surface area contributed by atoms with Gasteiger partial charge in [0, 0.05) is 12.5 Å². The molecule has 0 aliphatic rings. The fraction of sp³-hybridized carbons (Fsp3) is 0.143. The van der Waals surface area contributed by atoms with Crippen molar-refractivity contribution in [3.63, 3.8) is 0 Å². The van der Waals surface area contributed by atoms with E-state index in [0.717, 1.165) is 15.4 Å². The summed E-state index contributed by atoms with van der Waals surface area (Å²) in [5.74, 6) is 0. The van der Waals surface area contributed by atoms with E-state index in [-0.39, 0.29) is 5.38 Å². The Hall–Kier alpha value is 0.420. The summed E-state index contributed by atoms with van der Waals surface area (Å²) in [6.07, 6.45) is 0.827. The molecule has 0 aromatic heterocycles. The SMILES string of the molecule is ClC(Cc1cccc(Br)c1)c1cc(Br)ccc1I. The van der Waals surface area contributed by atoms with Crippen LogP contribution in [0.5, 0.6) is 0 Å². The maximum Gasteiger partial charge on any atom is 0.0636 e. The van der Waals surface area contributed by atoms with Gasteiger partial charge in [-0.2, -0.15) is 0 Å². The summed E-state index contributed by atoms with van der Waals surface area (Å²) >= 11 is 15.8. The molecule has 0 saturated heterocycles. The van der Waals surface area contributed by atoms with Crippen LogP contribution in [-0.4, -0.2) is 0 Å². The van der Waals surface area contributed by atoms with Gasteiger partial charge < -0.3 is 0 Å². The van der Waals surface area contributed by atoms with Gasteiger partial charge in [0.15, 0.2) is 0 Å². The first kappa shape index (κ1) is 14.8. The number of alkyl halides is 1. The predicted molar refractivity (Wildman–Crippen MR) is 93.3 cm³/mol. The highest BCUT2D eigenvalue weighted by atomic mass is 127. The van der Waals surface area contributed by atoms with Crippen molar-refractivity contribution in [2.24, 2.45) is 0 Å². The Kier molecular flexibility index (Phi) is 5.54. The van der Waals surface area contributed by atoms with E-state index < -0.39 is 0 Å². The van der Waals surface area contributed by atoms with Crippen LogP contribution in [0.15, 0.2) is 51.4 Å². The van der Waals surface area contributed by atoms with Gasteiger partial charge in [0.05, 0.1) is 5.38 Å². The third-order valence-corrected chi connectivity index (χ3v) is 4.96. The van der Waals surface area contributed by atoms with Crippen molar-refractivity contribution >= 4 is 66.1 Å². The summed E-state index contributed by atoms with van der Waals surface area (Å²) in [5, 5.41) is -0.0105. The highest BCUT2D eigenvalue weighted by Gasteiger charge is 2.13. The van der Waals surface area contributed by atoms with Gasteiger partial charge in [0.2, 0.25) is 0 Å². The Morgan fingerprint density at radius 3 is 2.50 bits per heavy atom. The second-order valence-electron chi connectivity index (χ2n) is 3.97. The molecule has 0 aliphatic carbocycles. The fourth-order valence-corrected chi connectivity index (χ4v) is 3.82. The van der Waals surface area contributed by atoms with E-state index in [0.29, 0.717) is 0 Å². The third-order valence-electron chi connectivity index (χ3n) is 2.60. The highest BCUT2D eigenvalue weighted by molar-refractivity contribution is 14.1. The first-order valence-corrected chi connectivity index (χ1v) is 8.50. The van der Waals surface area contributed by atoms with Crippen LogP contribution >= 0.6 is 66.1 Å². The van der Waals surface area contributed by atoms with Crippen molar-refractivity contribution < 1.29 is 0 Å². The van der Waals surface area contributed by atoms with Crippen LogP contribution in [0.4, 0.5) is 0 Å². The van der Waals surface area contributed by atoms with Gasteiger partial charge in [-0.1, -0.05) is 44.0 Å². The molecule has 0 bridgehead atoms. The molecule has 0 fully saturated rings. The number of hydrogen-bond acceptors (Lipinski definition) is 0. The second-order valence-corrected chi connectivity index (χ2v) is 7.49. The molecule has 94 valence electrons. The molecule has 0 nitrogen and oxygen atoms in total. The number of benzene rings is 2. The zero-order chi connectivity index (χ0) is 13.1. The number of hydrogen-bond donors (Lipinski definition) is 0. The normalized spacial score (nSPS) is 12.4. The van der Waals surface area contributed by atoms with Crippen LogP contribution in [0.25, 0.3) is 0 Å². The summed E-state index contributed by atoms with van der Waals surface area (Å²) in [4.78, 5) is 0. The Morgan fingerprint density at radius 1 is 1.06 bits per heavy atom. The molecular weight excluding hydrogens is 490 g/mol. The van der Waals surface area contributed by atoms with E-state index in [1.54, 1.807) is 0 Å². The minimum atomic E-state index is -0.0105. The molecule has 0 heterocycles. The molecule has 4 heteroatoms. The van der Waals surface area contributed by atoms with Gasteiger partial charge in [0.1, 0.15) is 0 Å². The van der Waals surface area contributed by atoms with Gasteiger partial charge in [-0.3, -0.25) is 0 Å². The minimum absolute atomic E-state index is 0.0105. The quantitative estimate of drug-likeness (QED) is 0.341. The standard InChI is InChI=1S/C14H10Br2ClI/c15-10-3-1-2-9(6-10)7-13(17)12-8-11(16)4-5-14(12)18/h1-6,8,13H,7H2. The molecule has 0 radical (unpaired) electrons. The van der Waals surface area contributed by atoms with Crippen LogP contribution in [0.3, 0.4) is 0 Å². The lowest BCUT2D eigenvalue weighted by atomic mass is 10.0. The minimum Gasteiger partial charge on any atom is -0.117 e. The van der Waals surface area contributed by atoms with Crippen LogP contribution < -0.4 is 0 Å². The Labute approximate surface area is 143 Å². The molecule has 2 aromatic rings. The van der Waals surface area contributed by atoms with Crippen molar-refractivity contribution in [2.75, 3.05) is 0 Å². The first-order chi connectivity index (χ1) is 8.56. The Bertz CT molecular complexity index is 557. The Balaban J connectivity index is 2.21. The van der Waals surface area contributed by atoms with E-state index in [2.05, 4.69) is 78.7 Å². The fourth-order valence-electron chi connectivity index (χ4n) is 1.74. The number of rotatable bonds is 3. The topological polar surface area (TPSA) is 0 Å². The average molecular weight is 500 g/mol. The summed E-state index contributed by atoms with van der Waals surface area (Å²) < 4.78 is 3.36. The van der Waals surface area contributed by atoms with Crippen molar-refractivity contribution in [3.05, 3.63) is 66.1 Å². The Morgan fingerprint density at radius 2 is 1.78 bits per heavy atom. The monoisotopic (exact) mass is 498 g/mol. The van der Waals surface area contributed by atoms with Crippen LogP contribution in [0.2, 0.25) is 0 Å². The molecule has 0 aliphatic heterocycles. The van der Waals surface area contributed by atoms with Crippen molar-refractivity contribution in [1.29, 1.82) is 0 Å². The lowest BCUT2D eigenvalue weighted by Gasteiger charge is -2.13. The molecule has 1 unspecified atom stereocenters. The van der Waals surface area contributed by atoms with E-state index in [9.17, 15) is 0 Å². The van der Waals surface area contributed by atoms with Gasteiger partial charge in [0.25, 0.3) is 0 Å². The van der Waals surface area contributed by atoms with Crippen molar-refractivity contribution in [2.45, 2.75) is 11.8 Å². The zero-order valence-electron chi connectivity index (χ0n) is 9.34. The highest BCUT2D eigenvalue weighted by Crippen LogP contribution is 2.31. The zero-order valence-corrected chi connectivity index (χ0v) is 15.4. The molecule has 1 atom stereocenters. The smallest absolute Gasteiger partial charge is 0.0636 e. The maximum atomic E-state index is 6.53. The van der Waals surface area contributed by atoms with E-state index >= 15 is 0 Å². The van der Waals surface area contributed by atoms with E-state index in [1.807, 2.05) is 18.2 Å². The molecule has 2 rings (SSSR count). The molecule has 0 N–H and O–H groups in total. The largest absolute Gasteiger partial charge is 0.117 e. The van der Waals surface area contributed by atoms with Gasteiger partial charge in [-0.15, -0.1) is 11.6 Å². The summed E-state index contributed by atoms with van der Waals surface area (Å²) in [6, 6.07) is 14.5. The molecule has 18 heavy (non-hydrogen) atoms. The lowest BCUT2D eigenvalue weighted by Crippen LogP contribution is -1.98. The average Bonchev–Trinajstić information content (AvgIpc) is 2.32. The summed E-state index contributed by atoms with van der Waals surface area (Å²) in [6.45, 7) is 0. The molecular formula is C14H10Br2ClI. The van der Waals surface area contributed by atoms with Crippen LogP contribution in [0.1, 0.15) is 16.5 Å². The van der Waals surface area contributed by atoms with Gasteiger partial charge >= 0.3 is 0 Å². The molecule has 0 spiro atoms. The van der Waals surface area contributed by atoms with Gasteiger partial charge in [-0.25, -0.2) is 0 Å². The molecule has 2 aromatic carbocycles. The first-order valence-electron chi connectivity index (χ1n) is 5.40. The second kappa shape index (κ2) is 6.73.